The van der Waals surface area contributed by atoms with Crippen molar-refractivity contribution in [2.24, 2.45) is 0 Å². The highest BCUT2D eigenvalue weighted by molar-refractivity contribution is 5.95. The monoisotopic (exact) mass is 556 g/mol. The lowest BCUT2D eigenvalue weighted by Crippen LogP contribution is -2.33. The highest BCUT2D eigenvalue weighted by atomic mass is 16.5. The van der Waals surface area contributed by atoms with Crippen LogP contribution in [0.5, 0.6) is 11.5 Å². The summed E-state index contributed by atoms with van der Waals surface area (Å²) >= 11 is 0. The van der Waals surface area contributed by atoms with Crippen molar-refractivity contribution in [3.05, 3.63) is 77.6 Å². The normalized spacial score (nSPS) is 13.0. The Morgan fingerprint density at radius 1 is 1.07 bits per heavy atom. The molecule has 2 aromatic carbocycles. The fraction of sp³-hybridized carbons (Fsp3) is 0.267. The Labute approximate surface area is 237 Å². The molecule has 1 aliphatic heterocycles. The topological polar surface area (TPSA) is 130 Å². The summed E-state index contributed by atoms with van der Waals surface area (Å²) in [6.07, 6.45) is 3.10. The van der Waals surface area contributed by atoms with Gasteiger partial charge in [0.2, 0.25) is 5.95 Å². The van der Waals surface area contributed by atoms with Crippen molar-refractivity contribution >= 4 is 29.2 Å². The summed E-state index contributed by atoms with van der Waals surface area (Å²) in [5.41, 5.74) is 4.96. The van der Waals surface area contributed by atoms with Crippen LogP contribution in [0.3, 0.4) is 0 Å². The second-order valence-electron chi connectivity index (χ2n) is 9.44. The molecular weight excluding hydrogens is 524 g/mol. The van der Waals surface area contributed by atoms with Crippen LogP contribution in [0, 0.1) is 0 Å². The van der Waals surface area contributed by atoms with Gasteiger partial charge in [-0.2, -0.15) is 0 Å². The molecule has 0 aliphatic carbocycles. The molecule has 41 heavy (non-hydrogen) atoms. The van der Waals surface area contributed by atoms with Crippen LogP contribution in [0.1, 0.15) is 35.0 Å². The molecule has 3 N–H and O–H groups in total. The number of carbonyl (C=O) groups is 2. The van der Waals surface area contributed by atoms with Crippen LogP contribution in [0.25, 0.3) is 22.5 Å². The van der Waals surface area contributed by atoms with Crippen LogP contribution >= 0.6 is 0 Å². The third-order valence-corrected chi connectivity index (χ3v) is 6.96. The van der Waals surface area contributed by atoms with E-state index < -0.39 is 6.09 Å². The number of anilines is 1. The molecule has 212 valence electrons. The molecule has 5 rings (SSSR count). The summed E-state index contributed by atoms with van der Waals surface area (Å²) in [5.74, 6) is 1.55. The molecule has 0 saturated carbocycles. The van der Waals surface area contributed by atoms with E-state index in [1.54, 1.807) is 24.8 Å². The number of carboxylic acid groups (broad SMARTS) is 1. The van der Waals surface area contributed by atoms with Gasteiger partial charge in [-0.25, -0.2) is 14.8 Å². The van der Waals surface area contributed by atoms with Crippen LogP contribution in [0.15, 0.2) is 60.8 Å². The number of methoxy groups -OCH3 is 2. The fourth-order valence-corrected chi connectivity index (χ4v) is 4.87. The van der Waals surface area contributed by atoms with E-state index in [4.69, 9.17) is 19.4 Å². The van der Waals surface area contributed by atoms with E-state index in [0.717, 1.165) is 22.3 Å². The third kappa shape index (κ3) is 5.65. The van der Waals surface area contributed by atoms with Crippen LogP contribution in [-0.2, 0) is 6.54 Å². The molecular formula is C30H32N6O5. The van der Waals surface area contributed by atoms with Gasteiger partial charge in [-0.05, 0) is 31.1 Å². The summed E-state index contributed by atoms with van der Waals surface area (Å²) in [4.78, 5) is 35.6. The van der Waals surface area contributed by atoms with Crippen molar-refractivity contribution in [3.63, 3.8) is 0 Å². The summed E-state index contributed by atoms with van der Waals surface area (Å²) in [6.45, 7) is 3.30. The number of benzene rings is 2. The second kappa shape index (κ2) is 12.0. The molecule has 0 radical (unpaired) electrons. The molecule has 4 aromatic rings. The number of imidazole rings is 1. The van der Waals surface area contributed by atoms with E-state index in [1.165, 1.54) is 4.90 Å². The Morgan fingerprint density at radius 3 is 2.54 bits per heavy atom. The van der Waals surface area contributed by atoms with E-state index in [2.05, 4.69) is 10.6 Å². The number of carbonyl (C=O) groups excluding carboxylic acids is 1. The maximum Gasteiger partial charge on any atom is 0.407 e. The number of nitrogens with zero attached hydrogens (tertiary/aromatic N) is 4. The van der Waals surface area contributed by atoms with Crippen molar-refractivity contribution in [2.45, 2.75) is 19.9 Å². The van der Waals surface area contributed by atoms with E-state index in [0.29, 0.717) is 54.8 Å². The van der Waals surface area contributed by atoms with E-state index in [9.17, 15) is 14.7 Å². The van der Waals surface area contributed by atoms with Crippen LogP contribution < -0.4 is 20.1 Å². The molecule has 2 aromatic heterocycles. The molecule has 1 aliphatic rings. The maximum absolute atomic E-state index is 12.9. The van der Waals surface area contributed by atoms with Crippen LogP contribution in [0.4, 0.5) is 10.7 Å². The minimum atomic E-state index is -0.959. The van der Waals surface area contributed by atoms with Crippen molar-refractivity contribution in [1.82, 2.24) is 24.6 Å². The molecule has 0 unspecified atom stereocenters. The Balaban J connectivity index is 1.67. The average Bonchev–Trinajstić information content (AvgIpc) is 3.46. The van der Waals surface area contributed by atoms with Crippen LogP contribution in [0.2, 0.25) is 0 Å². The number of nitrogens with one attached hydrogen (secondary N) is 2. The molecule has 11 heteroatoms. The van der Waals surface area contributed by atoms with Gasteiger partial charge in [0, 0.05) is 55.1 Å². The standard InChI is InChI=1S/C30H32N6O5/c1-4-31-28(37)23-18-36-27(33-23)25(19-12-14-35(15-13-19)30(38)39)26(20-8-6-5-7-9-20)34-29(36)32-17-21-10-11-22(40-2)16-24(21)41-3/h5-12,16,18H,4,13-15,17H2,1-3H3,(H,31,37)(H,32,34)(H,38,39). The summed E-state index contributed by atoms with van der Waals surface area (Å²) in [6, 6.07) is 15.4. The fourth-order valence-electron chi connectivity index (χ4n) is 4.87. The molecule has 0 saturated heterocycles. The van der Waals surface area contributed by atoms with Gasteiger partial charge in [-0.1, -0.05) is 36.4 Å². The Morgan fingerprint density at radius 2 is 1.88 bits per heavy atom. The number of amides is 2. The smallest absolute Gasteiger partial charge is 0.407 e. The minimum absolute atomic E-state index is 0.256. The lowest BCUT2D eigenvalue weighted by Gasteiger charge is -2.25. The predicted molar refractivity (Wildman–Crippen MR) is 155 cm³/mol. The first kappa shape index (κ1) is 27.5. The first-order valence-corrected chi connectivity index (χ1v) is 13.3. The lowest BCUT2D eigenvalue weighted by atomic mass is 9.95. The average molecular weight is 557 g/mol. The van der Waals surface area contributed by atoms with Gasteiger partial charge in [0.25, 0.3) is 5.91 Å². The third-order valence-electron chi connectivity index (χ3n) is 6.96. The Bertz CT molecular complexity index is 1610. The predicted octanol–water partition coefficient (Wildman–Crippen LogP) is 4.54. The summed E-state index contributed by atoms with van der Waals surface area (Å²) < 4.78 is 12.7. The van der Waals surface area contributed by atoms with Gasteiger partial charge in [-0.3, -0.25) is 9.20 Å². The van der Waals surface area contributed by atoms with Gasteiger partial charge >= 0.3 is 6.09 Å². The van der Waals surface area contributed by atoms with Gasteiger partial charge < -0.3 is 30.1 Å². The number of aromatic nitrogens is 3. The molecule has 0 atom stereocenters. The lowest BCUT2D eigenvalue weighted by molar-refractivity contribution is 0.0951. The molecule has 11 nitrogen and oxygen atoms in total. The first-order chi connectivity index (χ1) is 19.9. The zero-order chi connectivity index (χ0) is 28.9. The summed E-state index contributed by atoms with van der Waals surface area (Å²) in [5, 5.41) is 15.7. The number of fused-ring (bicyclic) bond motifs is 1. The number of hydrogen-bond donors (Lipinski definition) is 3. The van der Waals surface area contributed by atoms with Gasteiger partial charge in [0.05, 0.1) is 19.9 Å². The SMILES string of the molecule is CCNC(=O)c1cn2c(NCc3ccc(OC)cc3OC)nc(-c3ccccc3)c(C3=CCN(C(=O)O)CC3)c2n1. The van der Waals surface area contributed by atoms with E-state index >= 15 is 0 Å². The number of hydrogen-bond acceptors (Lipinski definition) is 7. The molecule has 3 heterocycles. The van der Waals surface area contributed by atoms with E-state index in [1.807, 2.05) is 61.5 Å². The maximum atomic E-state index is 12.9. The number of ether oxygens (including phenoxy) is 2. The first-order valence-electron chi connectivity index (χ1n) is 13.3. The van der Waals surface area contributed by atoms with Crippen molar-refractivity contribution in [2.75, 3.05) is 39.2 Å². The second-order valence-corrected chi connectivity index (χ2v) is 9.44. The minimum Gasteiger partial charge on any atom is -0.497 e. The van der Waals surface area contributed by atoms with Gasteiger partial charge in [0.1, 0.15) is 22.8 Å². The molecule has 0 fully saturated rings. The highest BCUT2D eigenvalue weighted by Gasteiger charge is 2.25. The van der Waals surface area contributed by atoms with Crippen molar-refractivity contribution < 1.29 is 24.2 Å². The zero-order valence-corrected chi connectivity index (χ0v) is 23.2. The Kier molecular flexibility index (Phi) is 8.04. The molecule has 0 bridgehead atoms. The Hall–Kier alpha value is -5.06. The van der Waals surface area contributed by atoms with Crippen molar-refractivity contribution in [3.8, 4) is 22.8 Å². The largest absolute Gasteiger partial charge is 0.497 e. The molecule has 0 spiro atoms. The summed E-state index contributed by atoms with van der Waals surface area (Å²) in [7, 11) is 3.21. The van der Waals surface area contributed by atoms with Crippen molar-refractivity contribution in [1.29, 1.82) is 0 Å². The number of rotatable bonds is 9. The molecule has 2 amide bonds. The quantitative estimate of drug-likeness (QED) is 0.274. The highest BCUT2D eigenvalue weighted by Crippen LogP contribution is 2.36. The van der Waals surface area contributed by atoms with Gasteiger partial charge in [0.15, 0.2) is 0 Å². The zero-order valence-electron chi connectivity index (χ0n) is 23.2. The van der Waals surface area contributed by atoms with Gasteiger partial charge in [-0.15, -0.1) is 0 Å². The van der Waals surface area contributed by atoms with Crippen LogP contribution in [-0.4, -0.2) is 70.2 Å². The van der Waals surface area contributed by atoms with E-state index in [-0.39, 0.29) is 18.1 Å².